The van der Waals surface area contributed by atoms with E-state index in [4.69, 9.17) is 4.74 Å². The molecule has 0 aliphatic carbocycles. The molecule has 0 heterocycles. The Balaban J connectivity index is 2.30. The van der Waals surface area contributed by atoms with Crippen molar-refractivity contribution in [3.63, 3.8) is 0 Å². The number of benzene rings is 1. The van der Waals surface area contributed by atoms with Gasteiger partial charge in [0.05, 0.1) is 6.61 Å². The van der Waals surface area contributed by atoms with Crippen molar-refractivity contribution >= 4 is 5.91 Å². The van der Waals surface area contributed by atoms with Crippen LogP contribution in [-0.4, -0.2) is 38.6 Å². The Hall–Kier alpha value is -1.55. The summed E-state index contributed by atoms with van der Waals surface area (Å²) in [5.41, 5.74) is 1.19. The van der Waals surface area contributed by atoms with Crippen molar-refractivity contribution in [3.8, 4) is 5.75 Å². The van der Waals surface area contributed by atoms with Gasteiger partial charge in [0.15, 0.2) is 0 Å². The van der Waals surface area contributed by atoms with Crippen LogP contribution in [0.3, 0.4) is 0 Å². The molecule has 0 radical (unpaired) electrons. The zero-order valence-electron chi connectivity index (χ0n) is 11.4. The Kier molecular flexibility index (Phi) is 6.22. The van der Waals surface area contributed by atoms with Crippen LogP contribution in [0.25, 0.3) is 0 Å². The fraction of sp³-hybridized carbons (Fsp3) is 0.500. The first-order valence-corrected chi connectivity index (χ1v) is 6.20. The first kappa shape index (κ1) is 14.5. The molecular weight excluding hydrogens is 228 g/mol. The summed E-state index contributed by atoms with van der Waals surface area (Å²) >= 11 is 0. The van der Waals surface area contributed by atoms with Crippen molar-refractivity contribution in [1.29, 1.82) is 0 Å². The summed E-state index contributed by atoms with van der Waals surface area (Å²) in [6.07, 6.45) is 1.27. The Morgan fingerprint density at radius 2 is 2.17 bits per heavy atom. The second-order valence-corrected chi connectivity index (χ2v) is 4.42. The quantitative estimate of drug-likeness (QED) is 0.748. The third-order valence-corrected chi connectivity index (χ3v) is 2.58. The standard InChI is InChI=1S/C14H22N2O2/c1-15-11-12-6-4-7-13(10-12)18-9-5-8-14(17)16(2)3/h4,6-7,10,15H,5,8-9,11H2,1-3H3. The first-order valence-electron chi connectivity index (χ1n) is 6.20. The van der Waals surface area contributed by atoms with Crippen LogP contribution in [0.2, 0.25) is 0 Å². The Labute approximate surface area is 109 Å². The lowest BCUT2D eigenvalue weighted by Gasteiger charge is -2.11. The normalized spacial score (nSPS) is 10.2. The van der Waals surface area contributed by atoms with Gasteiger partial charge in [0, 0.05) is 27.1 Å². The molecule has 0 saturated heterocycles. The van der Waals surface area contributed by atoms with Crippen molar-refractivity contribution in [1.82, 2.24) is 10.2 Å². The highest BCUT2D eigenvalue weighted by Crippen LogP contribution is 2.13. The molecule has 0 spiro atoms. The molecule has 1 amide bonds. The van der Waals surface area contributed by atoms with Gasteiger partial charge in [-0.3, -0.25) is 4.79 Å². The second kappa shape index (κ2) is 7.71. The predicted molar refractivity (Wildman–Crippen MR) is 72.6 cm³/mol. The van der Waals surface area contributed by atoms with Gasteiger partial charge in [-0.2, -0.15) is 0 Å². The van der Waals surface area contributed by atoms with Crippen molar-refractivity contribution in [3.05, 3.63) is 29.8 Å². The summed E-state index contributed by atoms with van der Waals surface area (Å²) in [5, 5.41) is 3.10. The molecule has 0 unspecified atom stereocenters. The van der Waals surface area contributed by atoms with E-state index in [0.717, 1.165) is 18.7 Å². The van der Waals surface area contributed by atoms with Crippen LogP contribution < -0.4 is 10.1 Å². The minimum Gasteiger partial charge on any atom is -0.494 e. The van der Waals surface area contributed by atoms with Gasteiger partial charge in [-0.15, -0.1) is 0 Å². The number of hydrogen-bond acceptors (Lipinski definition) is 3. The van der Waals surface area contributed by atoms with E-state index in [-0.39, 0.29) is 5.91 Å². The van der Waals surface area contributed by atoms with E-state index in [9.17, 15) is 4.79 Å². The molecular formula is C14H22N2O2. The van der Waals surface area contributed by atoms with Gasteiger partial charge in [0.1, 0.15) is 5.75 Å². The molecule has 0 atom stereocenters. The number of nitrogens with one attached hydrogen (secondary N) is 1. The fourth-order valence-electron chi connectivity index (χ4n) is 1.59. The molecule has 0 aromatic heterocycles. The number of carbonyl (C=O) groups is 1. The monoisotopic (exact) mass is 250 g/mol. The van der Waals surface area contributed by atoms with Crippen molar-refractivity contribution in [2.45, 2.75) is 19.4 Å². The van der Waals surface area contributed by atoms with Gasteiger partial charge in [-0.1, -0.05) is 12.1 Å². The largest absolute Gasteiger partial charge is 0.494 e. The lowest BCUT2D eigenvalue weighted by Crippen LogP contribution is -2.21. The third kappa shape index (κ3) is 5.19. The molecule has 1 rings (SSSR count). The molecule has 1 aromatic carbocycles. The summed E-state index contributed by atoms with van der Waals surface area (Å²) < 4.78 is 5.62. The lowest BCUT2D eigenvalue weighted by molar-refractivity contribution is -0.128. The first-order chi connectivity index (χ1) is 8.63. The van der Waals surface area contributed by atoms with Crippen LogP contribution in [-0.2, 0) is 11.3 Å². The number of hydrogen-bond donors (Lipinski definition) is 1. The highest BCUT2D eigenvalue weighted by atomic mass is 16.5. The zero-order chi connectivity index (χ0) is 13.4. The maximum Gasteiger partial charge on any atom is 0.222 e. The summed E-state index contributed by atoms with van der Waals surface area (Å²) in [7, 11) is 5.45. The molecule has 100 valence electrons. The van der Waals surface area contributed by atoms with Crippen LogP contribution in [0.4, 0.5) is 0 Å². The summed E-state index contributed by atoms with van der Waals surface area (Å²) in [5.74, 6) is 1.00. The topological polar surface area (TPSA) is 41.6 Å². The summed E-state index contributed by atoms with van der Waals surface area (Å²) in [6.45, 7) is 1.40. The van der Waals surface area contributed by atoms with Gasteiger partial charge in [0.25, 0.3) is 0 Å². The van der Waals surface area contributed by atoms with Gasteiger partial charge in [-0.05, 0) is 31.2 Å². The molecule has 0 aliphatic rings. The molecule has 4 heteroatoms. The molecule has 0 aliphatic heterocycles. The fourth-order valence-corrected chi connectivity index (χ4v) is 1.59. The number of carbonyl (C=O) groups excluding carboxylic acids is 1. The van der Waals surface area contributed by atoms with Crippen LogP contribution >= 0.6 is 0 Å². The van der Waals surface area contributed by atoms with Gasteiger partial charge >= 0.3 is 0 Å². The van der Waals surface area contributed by atoms with Crippen LogP contribution in [0.5, 0.6) is 5.75 Å². The average Bonchev–Trinajstić information content (AvgIpc) is 2.35. The van der Waals surface area contributed by atoms with E-state index in [1.54, 1.807) is 19.0 Å². The molecule has 0 fully saturated rings. The molecule has 1 N–H and O–H groups in total. The minimum absolute atomic E-state index is 0.141. The van der Waals surface area contributed by atoms with Crippen LogP contribution in [0.15, 0.2) is 24.3 Å². The summed E-state index contributed by atoms with van der Waals surface area (Å²) in [4.78, 5) is 13.0. The molecule has 4 nitrogen and oxygen atoms in total. The van der Waals surface area contributed by atoms with Gasteiger partial charge in [0.2, 0.25) is 5.91 Å². The van der Waals surface area contributed by atoms with E-state index in [1.807, 2.05) is 25.2 Å². The van der Waals surface area contributed by atoms with Crippen molar-refractivity contribution in [2.75, 3.05) is 27.7 Å². The minimum atomic E-state index is 0.141. The van der Waals surface area contributed by atoms with Crippen molar-refractivity contribution in [2.24, 2.45) is 0 Å². The smallest absolute Gasteiger partial charge is 0.222 e. The van der Waals surface area contributed by atoms with E-state index in [0.29, 0.717) is 13.0 Å². The highest BCUT2D eigenvalue weighted by molar-refractivity contribution is 5.75. The maximum atomic E-state index is 11.4. The van der Waals surface area contributed by atoms with Gasteiger partial charge < -0.3 is 15.0 Å². The second-order valence-electron chi connectivity index (χ2n) is 4.42. The summed E-state index contributed by atoms with van der Waals surface area (Å²) in [6, 6.07) is 7.99. The molecule has 0 bridgehead atoms. The SMILES string of the molecule is CNCc1cccc(OCCCC(=O)N(C)C)c1. The maximum absolute atomic E-state index is 11.4. The molecule has 1 aromatic rings. The number of rotatable bonds is 7. The highest BCUT2D eigenvalue weighted by Gasteiger charge is 2.03. The number of ether oxygens (including phenoxy) is 1. The average molecular weight is 250 g/mol. The molecule has 0 saturated carbocycles. The van der Waals surface area contributed by atoms with Crippen LogP contribution in [0, 0.1) is 0 Å². The van der Waals surface area contributed by atoms with E-state index in [2.05, 4.69) is 11.4 Å². The Bertz CT molecular complexity index is 378. The predicted octanol–water partition coefficient (Wildman–Crippen LogP) is 1.65. The lowest BCUT2D eigenvalue weighted by atomic mass is 10.2. The number of nitrogens with zero attached hydrogens (tertiary/aromatic N) is 1. The Morgan fingerprint density at radius 1 is 1.39 bits per heavy atom. The zero-order valence-corrected chi connectivity index (χ0v) is 11.4. The van der Waals surface area contributed by atoms with Crippen LogP contribution in [0.1, 0.15) is 18.4 Å². The van der Waals surface area contributed by atoms with E-state index in [1.165, 1.54) is 5.56 Å². The molecule has 18 heavy (non-hydrogen) atoms. The van der Waals surface area contributed by atoms with E-state index < -0.39 is 0 Å². The Morgan fingerprint density at radius 3 is 2.83 bits per heavy atom. The van der Waals surface area contributed by atoms with Crippen molar-refractivity contribution < 1.29 is 9.53 Å². The number of amides is 1. The third-order valence-electron chi connectivity index (χ3n) is 2.58. The van der Waals surface area contributed by atoms with Gasteiger partial charge in [-0.25, -0.2) is 0 Å². The van der Waals surface area contributed by atoms with E-state index >= 15 is 0 Å².